The first kappa shape index (κ1) is 12.9. The molecule has 0 aromatic rings. The van der Waals surface area contributed by atoms with E-state index in [9.17, 15) is 4.79 Å². The summed E-state index contributed by atoms with van der Waals surface area (Å²) in [6.07, 6.45) is 8.06. The van der Waals surface area contributed by atoms with Gasteiger partial charge in [-0.25, -0.2) is 0 Å². The van der Waals surface area contributed by atoms with Crippen molar-refractivity contribution in [2.75, 3.05) is 7.05 Å². The predicted molar refractivity (Wildman–Crippen MR) is 69.5 cm³/mol. The van der Waals surface area contributed by atoms with E-state index in [2.05, 4.69) is 6.92 Å². The summed E-state index contributed by atoms with van der Waals surface area (Å²) in [5.41, 5.74) is 6.03. The van der Waals surface area contributed by atoms with E-state index in [1.165, 1.54) is 25.7 Å². The number of carbonyl (C=O) groups excluding carboxylic acids is 1. The lowest BCUT2D eigenvalue weighted by molar-refractivity contribution is -0.137. The molecule has 4 unspecified atom stereocenters. The van der Waals surface area contributed by atoms with Crippen LogP contribution in [0, 0.1) is 11.8 Å². The fourth-order valence-corrected chi connectivity index (χ4v) is 3.49. The van der Waals surface area contributed by atoms with Crippen LogP contribution in [-0.4, -0.2) is 29.9 Å². The first-order valence-electron chi connectivity index (χ1n) is 7.12. The number of rotatable bonds is 2. The van der Waals surface area contributed by atoms with Crippen LogP contribution in [0.4, 0.5) is 0 Å². The van der Waals surface area contributed by atoms with Crippen LogP contribution in [0.1, 0.15) is 51.9 Å². The molecule has 2 saturated carbocycles. The summed E-state index contributed by atoms with van der Waals surface area (Å²) in [5.74, 6) is 1.16. The standard InChI is InChI=1S/C14H26N2O/c1-10-5-3-6-11(9-10)16(2)14(17)12-7-4-8-13(12)15/h10-13H,3-9,15H2,1-2H3. The van der Waals surface area contributed by atoms with Crippen LogP contribution in [0.25, 0.3) is 0 Å². The van der Waals surface area contributed by atoms with Gasteiger partial charge in [-0.3, -0.25) is 4.79 Å². The minimum Gasteiger partial charge on any atom is -0.342 e. The van der Waals surface area contributed by atoms with Crippen molar-refractivity contribution in [3.63, 3.8) is 0 Å². The molecule has 98 valence electrons. The Labute approximate surface area is 105 Å². The summed E-state index contributed by atoms with van der Waals surface area (Å²) in [7, 11) is 1.98. The van der Waals surface area contributed by atoms with Crippen molar-refractivity contribution in [3.8, 4) is 0 Å². The SMILES string of the molecule is CC1CCCC(N(C)C(=O)C2CCCC2N)C1. The molecule has 0 heterocycles. The minimum absolute atomic E-state index is 0.0947. The lowest BCUT2D eigenvalue weighted by Gasteiger charge is -2.36. The van der Waals surface area contributed by atoms with Crippen molar-refractivity contribution in [2.24, 2.45) is 17.6 Å². The van der Waals surface area contributed by atoms with Gasteiger partial charge in [-0.1, -0.05) is 26.2 Å². The van der Waals surface area contributed by atoms with Gasteiger partial charge in [0.2, 0.25) is 5.91 Å². The Morgan fingerprint density at radius 1 is 1.18 bits per heavy atom. The highest BCUT2D eigenvalue weighted by molar-refractivity contribution is 5.80. The van der Waals surface area contributed by atoms with Crippen LogP contribution in [0.5, 0.6) is 0 Å². The third-order valence-corrected chi connectivity index (χ3v) is 4.69. The van der Waals surface area contributed by atoms with Gasteiger partial charge >= 0.3 is 0 Å². The molecule has 1 amide bonds. The molecule has 3 heteroatoms. The fourth-order valence-electron chi connectivity index (χ4n) is 3.49. The van der Waals surface area contributed by atoms with Crippen LogP contribution >= 0.6 is 0 Å². The Balaban J connectivity index is 1.94. The highest BCUT2D eigenvalue weighted by Crippen LogP contribution is 2.30. The van der Waals surface area contributed by atoms with Crippen LogP contribution < -0.4 is 5.73 Å². The lowest BCUT2D eigenvalue weighted by Crippen LogP contribution is -2.46. The average molecular weight is 238 g/mol. The number of carbonyl (C=O) groups is 1. The molecule has 2 rings (SSSR count). The van der Waals surface area contributed by atoms with Gasteiger partial charge < -0.3 is 10.6 Å². The molecule has 0 saturated heterocycles. The second-order valence-corrected chi connectivity index (χ2v) is 6.08. The molecule has 2 N–H and O–H groups in total. The molecule has 0 bridgehead atoms. The minimum atomic E-state index is 0.0947. The van der Waals surface area contributed by atoms with E-state index in [0.29, 0.717) is 11.9 Å². The van der Waals surface area contributed by atoms with E-state index < -0.39 is 0 Å². The van der Waals surface area contributed by atoms with Crippen molar-refractivity contribution in [3.05, 3.63) is 0 Å². The highest BCUT2D eigenvalue weighted by atomic mass is 16.2. The number of nitrogens with zero attached hydrogens (tertiary/aromatic N) is 1. The molecule has 3 nitrogen and oxygen atoms in total. The van der Waals surface area contributed by atoms with Gasteiger partial charge in [0, 0.05) is 19.1 Å². The van der Waals surface area contributed by atoms with Crippen LogP contribution in [0.2, 0.25) is 0 Å². The van der Waals surface area contributed by atoms with Gasteiger partial charge in [-0.2, -0.15) is 0 Å². The van der Waals surface area contributed by atoms with Crippen LogP contribution in [0.3, 0.4) is 0 Å². The smallest absolute Gasteiger partial charge is 0.227 e. The van der Waals surface area contributed by atoms with E-state index >= 15 is 0 Å². The quantitative estimate of drug-likeness (QED) is 0.801. The Hall–Kier alpha value is -0.570. The third-order valence-electron chi connectivity index (χ3n) is 4.69. The zero-order valence-electron chi connectivity index (χ0n) is 11.2. The molecule has 2 aliphatic rings. The normalized spacial score (nSPS) is 38.1. The molecule has 17 heavy (non-hydrogen) atoms. The molecule has 0 aliphatic heterocycles. The van der Waals surface area contributed by atoms with Crippen molar-refractivity contribution in [1.82, 2.24) is 4.90 Å². The average Bonchev–Trinajstić information content (AvgIpc) is 2.73. The zero-order chi connectivity index (χ0) is 12.4. The van der Waals surface area contributed by atoms with Crippen LogP contribution in [0.15, 0.2) is 0 Å². The molecule has 2 aliphatic carbocycles. The van der Waals surface area contributed by atoms with Gasteiger partial charge in [-0.15, -0.1) is 0 Å². The first-order chi connectivity index (χ1) is 8.09. The molecule has 2 fully saturated rings. The largest absolute Gasteiger partial charge is 0.342 e. The molecule has 0 spiro atoms. The maximum atomic E-state index is 12.4. The van der Waals surface area contributed by atoms with Crippen LogP contribution in [-0.2, 0) is 4.79 Å². The summed E-state index contributed by atoms with van der Waals surface area (Å²) in [5, 5.41) is 0. The fraction of sp³-hybridized carbons (Fsp3) is 0.929. The molecular formula is C14H26N2O. The van der Waals surface area contributed by atoms with Gasteiger partial charge in [-0.05, 0) is 31.6 Å². The highest BCUT2D eigenvalue weighted by Gasteiger charge is 2.35. The molecule has 4 atom stereocenters. The van der Waals surface area contributed by atoms with E-state index in [-0.39, 0.29) is 12.0 Å². The van der Waals surface area contributed by atoms with Gasteiger partial charge in [0.1, 0.15) is 0 Å². The summed E-state index contributed by atoms with van der Waals surface area (Å²) < 4.78 is 0. The Kier molecular flexibility index (Phi) is 4.08. The van der Waals surface area contributed by atoms with Crippen molar-refractivity contribution >= 4 is 5.91 Å². The van der Waals surface area contributed by atoms with Gasteiger partial charge in [0.05, 0.1) is 5.92 Å². The van der Waals surface area contributed by atoms with E-state index in [0.717, 1.165) is 25.2 Å². The third kappa shape index (κ3) is 2.82. The van der Waals surface area contributed by atoms with Gasteiger partial charge in [0.25, 0.3) is 0 Å². The second kappa shape index (κ2) is 5.38. The second-order valence-electron chi connectivity index (χ2n) is 6.08. The van der Waals surface area contributed by atoms with Crippen molar-refractivity contribution < 1.29 is 4.79 Å². The van der Waals surface area contributed by atoms with Crippen molar-refractivity contribution in [2.45, 2.75) is 64.0 Å². The van der Waals surface area contributed by atoms with E-state index in [1.54, 1.807) is 0 Å². The Morgan fingerprint density at radius 3 is 2.47 bits per heavy atom. The maximum absolute atomic E-state index is 12.4. The number of nitrogens with two attached hydrogens (primary N) is 1. The monoisotopic (exact) mass is 238 g/mol. The maximum Gasteiger partial charge on any atom is 0.227 e. The summed E-state index contributed by atoms with van der Waals surface area (Å²) in [6.45, 7) is 2.30. The summed E-state index contributed by atoms with van der Waals surface area (Å²) >= 11 is 0. The van der Waals surface area contributed by atoms with Crippen molar-refractivity contribution in [1.29, 1.82) is 0 Å². The number of amides is 1. The molecular weight excluding hydrogens is 212 g/mol. The summed E-state index contributed by atoms with van der Waals surface area (Å²) in [4.78, 5) is 14.4. The predicted octanol–water partition coefficient (Wildman–Crippen LogP) is 2.15. The molecule has 0 radical (unpaired) electrons. The van der Waals surface area contributed by atoms with E-state index in [1.807, 2.05) is 11.9 Å². The zero-order valence-corrected chi connectivity index (χ0v) is 11.2. The van der Waals surface area contributed by atoms with E-state index in [4.69, 9.17) is 5.73 Å². The number of hydrogen-bond acceptors (Lipinski definition) is 2. The number of hydrogen-bond donors (Lipinski definition) is 1. The first-order valence-corrected chi connectivity index (χ1v) is 7.12. The molecule has 0 aromatic carbocycles. The summed E-state index contributed by atoms with van der Waals surface area (Å²) in [6, 6.07) is 0.560. The van der Waals surface area contributed by atoms with Gasteiger partial charge in [0.15, 0.2) is 0 Å². The Morgan fingerprint density at radius 2 is 1.88 bits per heavy atom. The topological polar surface area (TPSA) is 46.3 Å². The molecule has 0 aromatic heterocycles. The lowest BCUT2D eigenvalue weighted by atomic mass is 9.86. The Bertz CT molecular complexity index is 279.